The van der Waals surface area contributed by atoms with E-state index >= 15 is 0 Å². The van der Waals surface area contributed by atoms with E-state index in [2.05, 4.69) is 14.9 Å². The number of sulfonamides is 1. The number of piperidine rings is 1. The van der Waals surface area contributed by atoms with Crippen molar-refractivity contribution < 1.29 is 13.2 Å². The highest BCUT2D eigenvalue weighted by Crippen LogP contribution is 2.35. The number of anilines is 1. The first-order valence-corrected chi connectivity index (χ1v) is 14.8. The van der Waals surface area contributed by atoms with E-state index < -0.39 is 15.6 Å². The summed E-state index contributed by atoms with van der Waals surface area (Å²) in [5.41, 5.74) is -0.494. The summed E-state index contributed by atoms with van der Waals surface area (Å²) < 4.78 is 30.2. The molecule has 2 fully saturated rings. The van der Waals surface area contributed by atoms with Crippen LogP contribution in [0.2, 0.25) is 0 Å². The topological polar surface area (TPSA) is 109 Å². The summed E-state index contributed by atoms with van der Waals surface area (Å²) >= 11 is 1.20. The number of hydrogen-bond donors (Lipinski definition) is 0. The highest BCUT2D eigenvalue weighted by atomic mass is 32.2. The highest BCUT2D eigenvalue weighted by molar-refractivity contribution is 7.89. The second-order valence-electron chi connectivity index (χ2n) is 10.2. The normalized spacial score (nSPS) is 21.5. The maximum atomic E-state index is 13.7. The van der Waals surface area contributed by atoms with E-state index in [9.17, 15) is 18.0 Å². The second-order valence-corrected chi connectivity index (χ2v) is 13.2. The Morgan fingerprint density at radius 2 is 1.78 bits per heavy atom. The van der Waals surface area contributed by atoms with Gasteiger partial charge in [0.05, 0.1) is 11.7 Å². The molecule has 0 aliphatic carbocycles. The number of carbonyl (C=O) groups is 1. The molecule has 3 aromatic heterocycles. The standard InChI is InChI=1S/C25H32N6O4S2/c1-17-12-18(2)14-31(13-17)37(34,35)23-19(3)36-24-22(23)25(33)30(16-27-24)15-21(32)29-10-8-28(9-11-29)20-6-4-5-7-26-20/h4-7,16-18H,8-15H2,1-3H3/t17-,18+. The number of fused-ring (bicyclic) bond motifs is 1. The minimum absolute atomic E-state index is 0.0390. The molecule has 0 bridgehead atoms. The summed E-state index contributed by atoms with van der Waals surface area (Å²) in [4.78, 5) is 40.2. The van der Waals surface area contributed by atoms with Gasteiger partial charge in [-0.25, -0.2) is 18.4 Å². The van der Waals surface area contributed by atoms with Crippen LogP contribution < -0.4 is 10.5 Å². The lowest BCUT2D eigenvalue weighted by molar-refractivity contribution is -0.132. The van der Waals surface area contributed by atoms with E-state index in [1.54, 1.807) is 18.0 Å². The minimum atomic E-state index is -3.88. The van der Waals surface area contributed by atoms with E-state index in [4.69, 9.17) is 0 Å². The van der Waals surface area contributed by atoms with Gasteiger partial charge in [0.15, 0.2) is 0 Å². The molecule has 10 nitrogen and oxygen atoms in total. The van der Waals surface area contributed by atoms with Crippen molar-refractivity contribution in [2.75, 3.05) is 44.2 Å². The Morgan fingerprint density at radius 1 is 1.08 bits per heavy atom. The lowest BCUT2D eigenvalue weighted by Crippen LogP contribution is -2.50. The summed E-state index contributed by atoms with van der Waals surface area (Å²) in [5, 5.41) is 0.0867. The molecule has 2 aliphatic rings. The molecule has 198 valence electrons. The largest absolute Gasteiger partial charge is 0.353 e. The molecule has 0 radical (unpaired) electrons. The van der Waals surface area contributed by atoms with Crippen LogP contribution in [0.4, 0.5) is 5.82 Å². The lowest BCUT2D eigenvalue weighted by atomic mass is 9.94. The molecule has 0 unspecified atom stereocenters. The first-order chi connectivity index (χ1) is 17.6. The number of carbonyl (C=O) groups excluding carboxylic acids is 1. The van der Waals surface area contributed by atoms with Crippen LogP contribution >= 0.6 is 11.3 Å². The molecule has 0 spiro atoms. The maximum Gasteiger partial charge on any atom is 0.263 e. The number of nitrogens with zero attached hydrogens (tertiary/aromatic N) is 6. The number of rotatable bonds is 5. The molecule has 0 N–H and O–H groups in total. The van der Waals surface area contributed by atoms with Crippen molar-refractivity contribution in [3.05, 3.63) is 46.0 Å². The molecular formula is C25H32N6O4S2. The van der Waals surface area contributed by atoms with Crippen molar-refractivity contribution in [2.45, 2.75) is 38.6 Å². The number of amides is 1. The fourth-order valence-corrected chi connectivity index (χ4v) is 8.79. The van der Waals surface area contributed by atoms with Crippen LogP contribution in [0.15, 0.2) is 40.4 Å². The number of aryl methyl sites for hydroxylation is 1. The molecule has 5 heterocycles. The third-order valence-electron chi connectivity index (χ3n) is 7.14. The predicted molar refractivity (Wildman–Crippen MR) is 143 cm³/mol. The second kappa shape index (κ2) is 10.1. The van der Waals surface area contributed by atoms with E-state index in [1.807, 2.05) is 32.0 Å². The zero-order valence-electron chi connectivity index (χ0n) is 21.3. The van der Waals surface area contributed by atoms with Gasteiger partial charge < -0.3 is 9.80 Å². The molecule has 2 aliphatic heterocycles. The number of pyridine rings is 1. The molecule has 1 amide bonds. The van der Waals surface area contributed by atoms with Crippen molar-refractivity contribution in [2.24, 2.45) is 11.8 Å². The molecule has 0 aromatic carbocycles. The van der Waals surface area contributed by atoms with Crippen LogP contribution in [-0.4, -0.2) is 77.3 Å². The summed E-state index contributed by atoms with van der Waals surface area (Å²) in [6.07, 6.45) is 4.07. The summed E-state index contributed by atoms with van der Waals surface area (Å²) in [5.74, 6) is 1.17. The van der Waals surface area contributed by atoms with E-state index in [0.717, 1.165) is 12.2 Å². The lowest BCUT2D eigenvalue weighted by Gasteiger charge is -2.35. The summed E-state index contributed by atoms with van der Waals surface area (Å²) in [7, 11) is -3.88. The third-order valence-corrected chi connectivity index (χ3v) is 10.3. The summed E-state index contributed by atoms with van der Waals surface area (Å²) in [6.45, 7) is 8.82. The van der Waals surface area contributed by atoms with Crippen LogP contribution in [0, 0.1) is 18.8 Å². The zero-order valence-corrected chi connectivity index (χ0v) is 23.0. The molecule has 37 heavy (non-hydrogen) atoms. The highest BCUT2D eigenvalue weighted by Gasteiger charge is 2.36. The Labute approximate surface area is 220 Å². The Balaban J connectivity index is 1.38. The molecule has 0 saturated carbocycles. The number of thiophene rings is 1. The molecule has 5 rings (SSSR count). The van der Waals surface area contributed by atoms with Gasteiger partial charge in [0.25, 0.3) is 5.56 Å². The molecule has 2 saturated heterocycles. The quantitative estimate of drug-likeness (QED) is 0.484. The Bertz CT molecular complexity index is 1450. The SMILES string of the molecule is Cc1sc2ncn(CC(=O)N3CCN(c4ccccn4)CC3)c(=O)c2c1S(=O)(=O)N1C[C@H](C)C[C@H](C)C1. The molecular weight excluding hydrogens is 512 g/mol. The van der Waals surface area contributed by atoms with Crippen molar-refractivity contribution in [3.63, 3.8) is 0 Å². The monoisotopic (exact) mass is 544 g/mol. The minimum Gasteiger partial charge on any atom is -0.353 e. The van der Waals surface area contributed by atoms with Crippen molar-refractivity contribution >= 4 is 43.3 Å². The summed E-state index contributed by atoms with van der Waals surface area (Å²) in [6, 6.07) is 5.74. The van der Waals surface area contributed by atoms with Gasteiger partial charge in [-0.3, -0.25) is 14.2 Å². The number of piperazine rings is 1. The van der Waals surface area contributed by atoms with E-state index in [0.29, 0.717) is 49.0 Å². The van der Waals surface area contributed by atoms with E-state index in [1.165, 1.54) is 26.5 Å². The average Bonchev–Trinajstić information content (AvgIpc) is 3.23. The first kappa shape index (κ1) is 25.8. The molecule has 12 heteroatoms. The number of aromatic nitrogens is 3. The number of hydrogen-bond acceptors (Lipinski definition) is 8. The zero-order chi connectivity index (χ0) is 26.3. The van der Waals surface area contributed by atoms with Gasteiger partial charge in [0, 0.05) is 50.3 Å². The Morgan fingerprint density at radius 3 is 2.43 bits per heavy atom. The molecule has 2 atom stereocenters. The third kappa shape index (κ3) is 5.01. The van der Waals surface area contributed by atoms with Crippen LogP contribution in [0.3, 0.4) is 0 Å². The van der Waals surface area contributed by atoms with Crippen LogP contribution in [0.1, 0.15) is 25.1 Å². The average molecular weight is 545 g/mol. The fraction of sp³-hybridized carbons (Fsp3) is 0.520. The maximum absolute atomic E-state index is 13.7. The molecule has 3 aromatic rings. The van der Waals surface area contributed by atoms with Crippen molar-refractivity contribution in [1.29, 1.82) is 0 Å². The fourth-order valence-electron chi connectivity index (χ4n) is 5.44. The Kier molecular flexibility index (Phi) is 7.08. The smallest absolute Gasteiger partial charge is 0.263 e. The van der Waals surface area contributed by atoms with Gasteiger partial charge in [-0.05, 0) is 37.3 Å². The van der Waals surface area contributed by atoms with Gasteiger partial charge in [-0.2, -0.15) is 4.31 Å². The van der Waals surface area contributed by atoms with Crippen LogP contribution in [-0.2, 0) is 21.4 Å². The first-order valence-electron chi connectivity index (χ1n) is 12.6. The Hall–Kier alpha value is -2.83. The predicted octanol–water partition coefficient (Wildman–Crippen LogP) is 2.18. The van der Waals surface area contributed by atoms with Crippen LogP contribution in [0.25, 0.3) is 10.2 Å². The van der Waals surface area contributed by atoms with Gasteiger partial charge in [-0.15, -0.1) is 11.3 Å². The van der Waals surface area contributed by atoms with Gasteiger partial charge in [-0.1, -0.05) is 19.9 Å². The van der Waals surface area contributed by atoms with Crippen molar-refractivity contribution in [3.8, 4) is 0 Å². The van der Waals surface area contributed by atoms with E-state index in [-0.39, 0.29) is 34.6 Å². The van der Waals surface area contributed by atoms with Gasteiger partial charge >= 0.3 is 0 Å². The van der Waals surface area contributed by atoms with Crippen molar-refractivity contribution in [1.82, 2.24) is 23.7 Å². The van der Waals surface area contributed by atoms with Crippen LogP contribution in [0.5, 0.6) is 0 Å². The van der Waals surface area contributed by atoms with Gasteiger partial charge in [0.1, 0.15) is 22.1 Å². The van der Waals surface area contributed by atoms with Gasteiger partial charge in [0.2, 0.25) is 15.9 Å².